The first-order valence-electron chi connectivity index (χ1n) is 7.46. The first-order chi connectivity index (χ1) is 8.63. The molecule has 0 aromatic rings. The molecule has 0 spiro atoms. The number of carbonyl (C=O) groups excluding carboxylic acids is 1. The molecule has 0 amide bonds. The lowest BCUT2D eigenvalue weighted by Crippen LogP contribution is -2.16. The molecule has 0 aromatic carbocycles. The second-order valence-corrected chi connectivity index (χ2v) is 6.34. The average Bonchev–Trinajstić information content (AvgIpc) is 2.28. The minimum Gasteiger partial charge on any atom is -0.300 e. The predicted molar refractivity (Wildman–Crippen MR) is 76.4 cm³/mol. The van der Waals surface area contributed by atoms with Crippen molar-refractivity contribution in [2.45, 2.75) is 65.2 Å². The Hall–Kier alpha value is -0.850. The molecule has 2 atom stereocenters. The van der Waals surface area contributed by atoms with Gasteiger partial charge in [-0.1, -0.05) is 23.3 Å². The lowest BCUT2D eigenvalue weighted by Gasteiger charge is -2.23. The van der Waals surface area contributed by atoms with Crippen LogP contribution in [0.2, 0.25) is 0 Å². The summed E-state index contributed by atoms with van der Waals surface area (Å²) in [6.45, 7) is 4.40. The van der Waals surface area contributed by atoms with Crippen molar-refractivity contribution in [3.63, 3.8) is 0 Å². The van der Waals surface area contributed by atoms with Crippen LogP contribution in [0.1, 0.15) is 65.2 Å². The van der Waals surface area contributed by atoms with Crippen LogP contribution < -0.4 is 0 Å². The Bertz CT molecular complexity index is 328. The molecule has 18 heavy (non-hydrogen) atoms. The normalized spacial score (nSPS) is 28.6. The largest absolute Gasteiger partial charge is 0.300 e. The zero-order chi connectivity index (χ0) is 13.0. The van der Waals surface area contributed by atoms with Crippen molar-refractivity contribution in [2.24, 2.45) is 11.8 Å². The minimum atomic E-state index is 0.509. The van der Waals surface area contributed by atoms with Gasteiger partial charge in [0.15, 0.2) is 0 Å². The zero-order valence-electron chi connectivity index (χ0n) is 11.9. The third-order valence-corrected chi connectivity index (χ3v) is 4.39. The Morgan fingerprint density at radius 2 is 1.44 bits per heavy atom. The molecule has 2 aliphatic carbocycles. The summed E-state index contributed by atoms with van der Waals surface area (Å²) in [5, 5.41) is 0. The molecule has 0 saturated heterocycles. The SMILES string of the molecule is CC1=CCCC(CC(=O)CC2CCC=C(C)C2)C1. The van der Waals surface area contributed by atoms with Crippen molar-refractivity contribution < 1.29 is 4.79 Å². The molecule has 0 N–H and O–H groups in total. The maximum atomic E-state index is 12.2. The molecule has 0 aliphatic heterocycles. The van der Waals surface area contributed by atoms with Gasteiger partial charge in [0.1, 0.15) is 5.78 Å². The highest BCUT2D eigenvalue weighted by molar-refractivity contribution is 5.79. The highest BCUT2D eigenvalue weighted by atomic mass is 16.1. The first kappa shape index (κ1) is 13.6. The van der Waals surface area contributed by atoms with E-state index in [1.807, 2.05) is 0 Å². The number of rotatable bonds is 4. The van der Waals surface area contributed by atoms with Crippen molar-refractivity contribution in [3.05, 3.63) is 23.3 Å². The number of carbonyl (C=O) groups is 1. The monoisotopic (exact) mass is 246 g/mol. The van der Waals surface area contributed by atoms with Crippen LogP contribution in [0.4, 0.5) is 0 Å². The van der Waals surface area contributed by atoms with Gasteiger partial charge in [-0.05, 0) is 64.2 Å². The molecule has 0 bridgehead atoms. The van der Waals surface area contributed by atoms with Gasteiger partial charge >= 0.3 is 0 Å². The van der Waals surface area contributed by atoms with Crippen molar-refractivity contribution in [2.75, 3.05) is 0 Å². The smallest absolute Gasteiger partial charge is 0.133 e. The number of Topliss-reactive ketones (excluding diaryl/α,β-unsaturated/α-hetero) is 1. The van der Waals surface area contributed by atoms with E-state index in [1.165, 1.54) is 36.8 Å². The number of hydrogen-bond acceptors (Lipinski definition) is 1. The summed E-state index contributed by atoms with van der Waals surface area (Å²) in [6.07, 6.45) is 13.4. The predicted octanol–water partition coefficient (Wildman–Crippen LogP) is 4.83. The highest BCUT2D eigenvalue weighted by Crippen LogP contribution is 2.30. The molecule has 0 heterocycles. The molecule has 100 valence electrons. The lowest BCUT2D eigenvalue weighted by molar-refractivity contribution is -0.121. The van der Waals surface area contributed by atoms with Gasteiger partial charge in [-0.25, -0.2) is 0 Å². The Kier molecular flexibility index (Phi) is 4.79. The van der Waals surface area contributed by atoms with Crippen LogP contribution in [0.3, 0.4) is 0 Å². The first-order valence-corrected chi connectivity index (χ1v) is 7.46. The van der Waals surface area contributed by atoms with E-state index in [1.54, 1.807) is 0 Å². The summed E-state index contributed by atoms with van der Waals surface area (Å²) in [7, 11) is 0. The summed E-state index contributed by atoms with van der Waals surface area (Å²) < 4.78 is 0. The second-order valence-electron chi connectivity index (χ2n) is 6.34. The highest BCUT2D eigenvalue weighted by Gasteiger charge is 2.21. The van der Waals surface area contributed by atoms with Crippen LogP contribution >= 0.6 is 0 Å². The standard InChI is InChI=1S/C17H26O/c1-13-5-3-7-15(9-13)11-17(18)12-16-8-4-6-14(2)10-16/h5-6,15-16H,3-4,7-12H2,1-2H3. The molecule has 2 aliphatic rings. The fourth-order valence-electron chi connectivity index (χ4n) is 3.49. The van der Waals surface area contributed by atoms with Gasteiger partial charge in [0.2, 0.25) is 0 Å². The van der Waals surface area contributed by atoms with Gasteiger partial charge in [-0.2, -0.15) is 0 Å². The van der Waals surface area contributed by atoms with Gasteiger partial charge in [0, 0.05) is 12.8 Å². The van der Waals surface area contributed by atoms with Crippen molar-refractivity contribution >= 4 is 5.78 Å². The summed E-state index contributed by atoms with van der Waals surface area (Å²) in [4.78, 5) is 12.2. The van der Waals surface area contributed by atoms with Crippen molar-refractivity contribution in [3.8, 4) is 0 Å². The maximum Gasteiger partial charge on any atom is 0.133 e. The molecular formula is C17H26O. The van der Waals surface area contributed by atoms with E-state index in [0.717, 1.165) is 25.7 Å². The Balaban J connectivity index is 1.75. The van der Waals surface area contributed by atoms with Crippen LogP contribution in [-0.4, -0.2) is 5.78 Å². The lowest BCUT2D eigenvalue weighted by atomic mass is 9.81. The summed E-state index contributed by atoms with van der Waals surface area (Å²) in [5.74, 6) is 1.76. The van der Waals surface area contributed by atoms with Crippen LogP contribution in [0.5, 0.6) is 0 Å². The van der Waals surface area contributed by atoms with Gasteiger partial charge < -0.3 is 0 Å². The van der Waals surface area contributed by atoms with E-state index in [0.29, 0.717) is 17.6 Å². The van der Waals surface area contributed by atoms with Crippen LogP contribution in [0.25, 0.3) is 0 Å². The van der Waals surface area contributed by atoms with E-state index in [4.69, 9.17) is 0 Å². The molecule has 0 radical (unpaired) electrons. The fourth-order valence-corrected chi connectivity index (χ4v) is 3.49. The van der Waals surface area contributed by atoms with E-state index in [-0.39, 0.29) is 0 Å². The molecule has 0 fully saturated rings. The number of allylic oxidation sites excluding steroid dienone is 4. The van der Waals surface area contributed by atoms with Gasteiger partial charge in [0.25, 0.3) is 0 Å². The zero-order valence-corrected chi connectivity index (χ0v) is 11.9. The van der Waals surface area contributed by atoms with Crippen molar-refractivity contribution in [1.82, 2.24) is 0 Å². The van der Waals surface area contributed by atoms with Gasteiger partial charge in [0.05, 0.1) is 0 Å². The average molecular weight is 246 g/mol. The Morgan fingerprint density at radius 3 is 1.83 bits per heavy atom. The van der Waals surface area contributed by atoms with E-state index in [9.17, 15) is 4.79 Å². The van der Waals surface area contributed by atoms with E-state index < -0.39 is 0 Å². The maximum absolute atomic E-state index is 12.2. The number of hydrogen-bond donors (Lipinski definition) is 0. The summed E-state index contributed by atoms with van der Waals surface area (Å²) in [6, 6.07) is 0. The Labute approximate surface area is 111 Å². The van der Waals surface area contributed by atoms with Gasteiger partial charge in [-0.15, -0.1) is 0 Å². The topological polar surface area (TPSA) is 17.1 Å². The summed E-state index contributed by atoms with van der Waals surface area (Å²) in [5.41, 5.74) is 2.96. The third kappa shape index (κ3) is 4.12. The Morgan fingerprint density at radius 1 is 1.00 bits per heavy atom. The van der Waals surface area contributed by atoms with E-state index in [2.05, 4.69) is 26.0 Å². The van der Waals surface area contributed by atoms with Gasteiger partial charge in [-0.3, -0.25) is 4.79 Å². The fraction of sp³-hybridized carbons (Fsp3) is 0.706. The minimum absolute atomic E-state index is 0.509. The summed E-state index contributed by atoms with van der Waals surface area (Å²) >= 11 is 0. The molecule has 0 saturated carbocycles. The second kappa shape index (κ2) is 6.36. The third-order valence-electron chi connectivity index (χ3n) is 4.39. The van der Waals surface area contributed by atoms with E-state index >= 15 is 0 Å². The number of ketones is 1. The molecule has 2 unspecified atom stereocenters. The quantitative estimate of drug-likeness (QED) is 0.649. The molecule has 1 heteroatoms. The van der Waals surface area contributed by atoms with Crippen LogP contribution in [0.15, 0.2) is 23.3 Å². The van der Waals surface area contributed by atoms with Crippen LogP contribution in [0, 0.1) is 11.8 Å². The molecule has 1 nitrogen and oxygen atoms in total. The molecule has 2 rings (SSSR count). The molecular weight excluding hydrogens is 220 g/mol. The molecule has 0 aromatic heterocycles. The van der Waals surface area contributed by atoms with Crippen LogP contribution in [-0.2, 0) is 4.79 Å². The van der Waals surface area contributed by atoms with Crippen molar-refractivity contribution in [1.29, 1.82) is 0 Å².